The van der Waals surface area contributed by atoms with Crippen molar-refractivity contribution in [2.75, 3.05) is 6.54 Å². The predicted molar refractivity (Wildman–Crippen MR) is 85.3 cm³/mol. The van der Waals surface area contributed by atoms with Gasteiger partial charge >= 0.3 is 6.09 Å². The van der Waals surface area contributed by atoms with E-state index >= 15 is 0 Å². The Balaban J connectivity index is 1.75. The molecule has 2 aliphatic carbocycles. The van der Waals surface area contributed by atoms with Gasteiger partial charge in [-0.1, -0.05) is 12.8 Å². The van der Waals surface area contributed by atoms with Crippen molar-refractivity contribution >= 4 is 6.09 Å². The molecule has 4 nitrogen and oxygen atoms in total. The van der Waals surface area contributed by atoms with Gasteiger partial charge in [0.05, 0.1) is 0 Å². The minimum atomic E-state index is -0.427. The SMILES string of the molecule is CC(NC(CNC(=O)OC(C)(C)C)C1CC1)C1CCCC1. The lowest BCUT2D eigenvalue weighted by Gasteiger charge is -2.28. The highest BCUT2D eigenvalue weighted by Crippen LogP contribution is 2.34. The molecule has 2 aliphatic rings. The van der Waals surface area contributed by atoms with E-state index in [9.17, 15) is 4.79 Å². The van der Waals surface area contributed by atoms with E-state index in [2.05, 4.69) is 17.6 Å². The van der Waals surface area contributed by atoms with Crippen LogP contribution >= 0.6 is 0 Å². The molecule has 4 heteroatoms. The standard InChI is InChI=1S/C17H32N2O2/c1-12(13-7-5-6-8-13)19-15(14-9-10-14)11-18-16(20)21-17(2,3)4/h12-15,19H,5-11H2,1-4H3,(H,18,20). The molecule has 0 aromatic rings. The quantitative estimate of drug-likeness (QED) is 0.789. The molecule has 0 aliphatic heterocycles. The van der Waals surface area contributed by atoms with Crippen LogP contribution < -0.4 is 10.6 Å². The molecule has 2 atom stereocenters. The summed E-state index contributed by atoms with van der Waals surface area (Å²) in [5.74, 6) is 1.54. The van der Waals surface area contributed by atoms with E-state index < -0.39 is 5.60 Å². The molecule has 0 heterocycles. The van der Waals surface area contributed by atoms with Gasteiger partial charge in [0.25, 0.3) is 0 Å². The van der Waals surface area contributed by atoms with E-state index in [1.807, 2.05) is 20.8 Å². The fourth-order valence-corrected chi connectivity index (χ4v) is 3.30. The third-order valence-electron chi connectivity index (χ3n) is 4.64. The summed E-state index contributed by atoms with van der Waals surface area (Å²) in [7, 11) is 0. The molecule has 2 saturated carbocycles. The van der Waals surface area contributed by atoms with Gasteiger partial charge in [-0.05, 0) is 65.2 Å². The second-order valence-corrected chi connectivity index (χ2v) is 7.83. The second-order valence-electron chi connectivity index (χ2n) is 7.83. The lowest BCUT2D eigenvalue weighted by molar-refractivity contribution is 0.0519. The van der Waals surface area contributed by atoms with E-state index in [0.29, 0.717) is 18.6 Å². The Morgan fingerprint density at radius 3 is 2.29 bits per heavy atom. The molecular weight excluding hydrogens is 264 g/mol. The number of carbonyl (C=O) groups excluding carboxylic acids is 1. The fourth-order valence-electron chi connectivity index (χ4n) is 3.30. The van der Waals surface area contributed by atoms with E-state index in [-0.39, 0.29) is 6.09 Å². The molecule has 2 unspecified atom stereocenters. The number of amides is 1. The van der Waals surface area contributed by atoms with Gasteiger partial charge in [0.2, 0.25) is 0 Å². The van der Waals surface area contributed by atoms with Crippen molar-refractivity contribution in [3.8, 4) is 0 Å². The van der Waals surface area contributed by atoms with Gasteiger partial charge in [-0.2, -0.15) is 0 Å². The van der Waals surface area contributed by atoms with Gasteiger partial charge in [-0.25, -0.2) is 4.79 Å². The van der Waals surface area contributed by atoms with E-state index in [4.69, 9.17) is 4.74 Å². The number of ether oxygens (including phenoxy) is 1. The van der Waals surface area contributed by atoms with Crippen LogP contribution in [-0.2, 0) is 4.74 Å². The predicted octanol–water partition coefficient (Wildman–Crippen LogP) is 3.46. The summed E-state index contributed by atoms with van der Waals surface area (Å²) < 4.78 is 5.32. The van der Waals surface area contributed by atoms with Crippen LogP contribution in [0.4, 0.5) is 4.79 Å². The van der Waals surface area contributed by atoms with Crippen LogP contribution in [0, 0.1) is 11.8 Å². The minimum Gasteiger partial charge on any atom is -0.444 e. The molecule has 0 aromatic heterocycles. The van der Waals surface area contributed by atoms with Gasteiger partial charge in [-0.15, -0.1) is 0 Å². The Hall–Kier alpha value is -0.770. The molecule has 0 radical (unpaired) electrons. The molecule has 1 amide bonds. The number of nitrogens with one attached hydrogen (secondary N) is 2. The Morgan fingerprint density at radius 2 is 1.76 bits per heavy atom. The summed E-state index contributed by atoms with van der Waals surface area (Å²) in [4.78, 5) is 11.8. The molecule has 0 saturated heterocycles. The molecule has 0 aromatic carbocycles. The first kappa shape index (κ1) is 16.6. The Bertz CT molecular complexity index is 341. The molecule has 122 valence electrons. The summed E-state index contributed by atoms with van der Waals surface area (Å²) in [6.07, 6.45) is 7.72. The van der Waals surface area contributed by atoms with Crippen molar-refractivity contribution in [3.05, 3.63) is 0 Å². The van der Waals surface area contributed by atoms with Gasteiger partial charge < -0.3 is 15.4 Å². The van der Waals surface area contributed by atoms with E-state index in [0.717, 1.165) is 11.8 Å². The highest BCUT2D eigenvalue weighted by Gasteiger charge is 2.34. The van der Waals surface area contributed by atoms with E-state index in [1.165, 1.54) is 38.5 Å². The zero-order valence-electron chi connectivity index (χ0n) is 14.1. The summed E-state index contributed by atoms with van der Waals surface area (Å²) in [6, 6.07) is 0.951. The Labute approximate surface area is 129 Å². The molecular formula is C17H32N2O2. The van der Waals surface area contributed by atoms with Crippen LogP contribution in [0.25, 0.3) is 0 Å². The number of alkyl carbamates (subject to hydrolysis) is 1. The minimum absolute atomic E-state index is 0.302. The highest BCUT2D eigenvalue weighted by molar-refractivity contribution is 5.67. The lowest BCUT2D eigenvalue weighted by Crippen LogP contribution is -2.48. The molecule has 2 fully saturated rings. The third kappa shape index (κ3) is 5.85. The number of hydrogen-bond donors (Lipinski definition) is 2. The molecule has 2 rings (SSSR count). The molecule has 2 N–H and O–H groups in total. The Kier molecular flexibility index (Phi) is 5.53. The van der Waals surface area contributed by atoms with Crippen molar-refractivity contribution < 1.29 is 9.53 Å². The Morgan fingerprint density at radius 1 is 1.14 bits per heavy atom. The van der Waals surface area contributed by atoms with Crippen LogP contribution in [0.3, 0.4) is 0 Å². The number of hydrogen-bond acceptors (Lipinski definition) is 3. The normalized spacial score (nSPS) is 22.9. The second kappa shape index (κ2) is 6.99. The molecule has 21 heavy (non-hydrogen) atoms. The summed E-state index contributed by atoms with van der Waals surface area (Å²) in [5, 5.41) is 6.70. The topological polar surface area (TPSA) is 50.4 Å². The number of carbonyl (C=O) groups is 1. The largest absolute Gasteiger partial charge is 0.444 e. The maximum atomic E-state index is 11.8. The summed E-state index contributed by atoms with van der Waals surface area (Å²) in [6.45, 7) is 8.66. The first-order valence-corrected chi connectivity index (χ1v) is 8.58. The maximum Gasteiger partial charge on any atom is 0.407 e. The molecule has 0 bridgehead atoms. The zero-order chi connectivity index (χ0) is 15.5. The number of rotatable bonds is 6. The van der Waals surface area contributed by atoms with Crippen molar-refractivity contribution in [1.29, 1.82) is 0 Å². The third-order valence-corrected chi connectivity index (χ3v) is 4.64. The summed E-state index contributed by atoms with van der Waals surface area (Å²) >= 11 is 0. The van der Waals surface area contributed by atoms with Gasteiger partial charge in [0.15, 0.2) is 0 Å². The van der Waals surface area contributed by atoms with Crippen molar-refractivity contribution in [2.45, 2.75) is 83.9 Å². The fraction of sp³-hybridized carbons (Fsp3) is 0.941. The van der Waals surface area contributed by atoms with Crippen LogP contribution in [-0.4, -0.2) is 30.3 Å². The van der Waals surface area contributed by atoms with Crippen LogP contribution in [0.2, 0.25) is 0 Å². The van der Waals surface area contributed by atoms with Crippen LogP contribution in [0.5, 0.6) is 0 Å². The lowest BCUT2D eigenvalue weighted by atomic mass is 9.98. The maximum absolute atomic E-state index is 11.8. The van der Waals surface area contributed by atoms with Crippen molar-refractivity contribution in [3.63, 3.8) is 0 Å². The summed E-state index contributed by atoms with van der Waals surface area (Å²) in [5.41, 5.74) is -0.427. The average molecular weight is 296 g/mol. The zero-order valence-corrected chi connectivity index (χ0v) is 14.1. The van der Waals surface area contributed by atoms with Gasteiger partial charge in [0, 0.05) is 18.6 Å². The van der Waals surface area contributed by atoms with Crippen LogP contribution in [0.1, 0.15) is 66.2 Å². The van der Waals surface area contributed by atoms with Crippen LogP contribution in [0.15, 0.2) is 0 Å². The first-order valence-electron chi connectivity index (χ1n) is 8.58. The van der Waals surface area contributed by atoms with Crippen molar-refractivity contribution in [2.24, 2.45) is 11.8 Å². The monoisotopic (exact) mass is 296 g/mol. The van der Waals surface area contributed by atoms with Gasteiger partial charge in [-0.3, -0.25) is 0 Å². The van der Waals surface area contributed by atoms with Crippen molar-refractivity contribution in [1.82, 2.24) is 10.6 Å². The first-order chi connectivity index (χ1) is 9.85. The molecule has 0 spiro atoms. The highest BCUT2D eigenvalue weighted by atomic mass is 16.6. The smallest absolute Gasteiger partial charge is 0.407 e. The average Bonchev–Trinajstić information content (AvgIpc) is 3.06. The van der Waals surface area contributed by atoms with E-state index in [1.54, 1.807) is 0 Å². The van der Waals surface area contributed by atoms with Gasteiger partial charge in [0.1, 0.15) is 5.60 Å².